The van der Waals surface area contributed by atoms with Gasteiger partial charge in [0, 0.05) is 25.4 Å². The lowest BCUT2D eigenvalue weighted by atomic mass is 9.86. The van der Waals surface area contributed by atoms with Crippen LogP contribution in [0.2, 0.25) is 10.0 Å². The number of hydrogen-bond acceptors (Lipinski definition) is 9. The lowest BCUT2D eigenvalue weighted by Gasteiger charge is -2.44. The molecule has 1 aromatic heterocycles. The smallest absolute Gasteiger partial charge is 0.414 e. The molecule has 12 heteroatoms. The zero-order valence-electron chi connectivity index (χ0n) is 27.7. The fourth-order valence-electron chi connectivity index (χ4n) is 6.51. The lowest BCUT2D eigenvalue weighted by Crippen LogP contribution is -2.53. The van der Waals surface area contributed by atoms with E-state index in [2.05, 4.69) is 16.0 Å². The van der Waals surface area contributed by atoms with Crippen LogP contribution in [-0.4, -0.2) is 61.9 Å². The average Bonchev–Trinajstić information content (AvgIpc) is 3.15. The highest BCUT2D eigenvalue weighted by Gasteiger charge is 2.37. The number of para-hydroxylation sites is 1. The van der Waals surface area contributed by atoms with Crippen LogP contribution in [0.3, 0.4) is 0 Å². The Labute approximate surface area is 301 Å². The first-order valence-corrected chi connectivity index (χ1v) is 17.0. The fraction of sp³-hybridized carbons (Fsp3) is 0.316. The van der Waals surface area contributed by atoms with Crippen molar-refractivity contribution in [2.24, 2.45) is 5.92 Å². The van der Waals surface area contributed by atoms with Gasteiger partial charge < -0.3 is 18.9 Å². The molecule has 2 bridgehead atoms. The van der Waals surface area contributed by atoms with Gasteiger partial charge in [0.1, 0.15) is 18.3 Å². The van der Waals surface area contributed by atoms with E-state index in [0.717, 1.165) is 31.5 Å². The van der Waals surface area contributed by atoms with Gasteiger partial charge >= 0.3 is 12.1 Å². The van der Waals surface area contributed by atoms with E-state index in [1.165, 1.54) is 31.5 Å². The summed E-state index contributed by atoms with van der Waals surface area (Å²) in [5, 5.41) is 10.5. The number of piperidine rings is 3. The van der Waals surface area contributed by atoms with Gasteiger partial charge in [-0.2, -0.15) is 5.26 Å². The van der Waals surface area contributed by atoms with E-state index in [1.807, 2.05) is 0 Å². The quantitative estimate of drug-likeness (QED) is 0.145. The van der Waals surface area contributed by atoms with Gasteiger partial charge in [-0.3, -0.25) is 14.8 Å². The van der Waals surface area contributed by atoms with Gasteiger partial charge in [-0.1, -0.05) is 53.5 Å². The molecule has 2 atom stereocenters. The zero-order valence-corrected chi connectivity index (χ0v) is 29.2. The maximum absolute atomic E-state index is 13.7. The Morgan fingerprint density at radius 2 is 1.68 bits per heavy atom. The number of aromatic nitrogens is 1. The highest BCUT2D eigenvalue weighted by atomic mass is 35.5. The predicted octanol–water partition coefficient (Wildman–Crippen LogP) is 7.66. The molecule has 3 fully saturated rings. The van der Waals surface area contributed by atoms with Crippen LogP contribution in [0.4, 0.5) is 10.5 Å². The van der Waals surface area contributed by atoms with E-state index in [1.54, 1.807) is 66.7 Å². The molecule has 4 aromatic rings. The number of esters is 1. The lowest BCUT2D eigenvalue weighted by molar-refractivity contribution is -0.0311. The number of carbonyl (C=O) groups is 2. The van der Waals surface area contributed by atoms with E-state index < -0.39 is 18.2 Å². The van der Waals surface area contributed by atoms with Gasteiger partial charge in [-0.25, -0.2) is 9.59 Å². The van der Waals surface area contributed by atoms with Crippen molar-refractivity contribution in [2.45, 2.75) is 38.0 Å². The highest BCUT2D eigenvalue weighted by Crippen LogP contribution is 2.36. The molecule has 3 saturated heterocycles. The summed E-state index contributed by atoms with van der Waals surface area (Å²) in [4.78, 5) is 35.2. The second-order valence-corrected chi connectivity index (χ2v) is 13.1. The first kappa shape index (κ1) is 35.0. The monoisotopic (exact) mass is 714 g/mol. The van der Waals surface area contributed by atoms with Crippen molar-refractivity contribution in [3.8, 4) is 17.6 Å². The molecule has 0 spiro atoms. The zero-order chi connectivity index (χ0) is 35.2. The Morgan fingerprint density at radius 1 is 0.980 bits per heavy atom. The van der Waals surface area contributed by atoms with Crippen molar-refractivity contribution >= 4 is 41.0 Å². The predicted molar refractivity (Wildman–Crippen MR) is 189 cm³/mol. The van der Waals surface area contributed by atoms with Crippen LogP contribution in [0, 0.1) is 17.2 Å². The number of amides is 1. The fourth-order valence-corrected chi connectivity index (χ4v) is 7.03. The van der Waals surface area contributed by atoms with E-state index in [-0.39, 0.29) is 19.1 Å². The molecule has 0 radical (unpaired) electrons. The summed E-state index contributed by atoms with van der Waals surface area (Å²) in [6.07, 6.45) is 3.64. The largest absolute Gasteiger partial charge is 0.493 e. The van der Waals surface area contributed by atoms with Crippen LogP contribution in [0.1, 0.15) is 51.6 Å². The maximum Gasteiger partial charge on any atom is 0.414 e. The third kappa shape index (κ3) is 7.81. The number of methoxy groups -OCH3 is 2. The summed E-state index contributed by atoms with van der Waals surface area (Å²) >= 11 is 12.9. The molecule has 3 aromatic carbocycles. The second-order valence-electron chi connectivity index (χ2n) is 12.3. The van der Waals surface area contributed by atoms with Crippen LogP contribution in [0.25, 0.3) is 0 Å². The number of anilines is 1. The van der Waals surface area contributed by atoms with Gasteiger partial charge in [0.25, 0.3) is 0 Å². The van der Waals surface area contributed by atoms with Crippen molar-refractivity contribution in [1.29, 1.82) is 5.26 Å². The minimum Gasteiger partial charge on any atom is -0.493 e. The van der Waals surface area contributed by atoms with Gasteiger partial charge in [-0.15, -0.1) is 0 Å². The molecular formula is C38H36Cl2N4O6. The molecular weight excluding hydrogens is 679 g/mol. The number of ether oxygens (including phenoxy) is 4. The van der Waals surface area contributed by atoms with E-state index in [9.17, 15) is 14.9 Å². The van der Waals surface area contributed by atoms with E-state index in [4.69, 9.17) is 42.1 Å². The van der Waals surface area contributed by atoms with E-state index >= 15 is 0 Å². The molecule has 1 amide bonds. The Hall–Kier alpha value is -4.82. The normalized spacial score (nSPS) is 18.4. The highest BCUT2D eigenvalue weighted by molar-refractivity contribution is 6.35. The van der Waals surface area contributed by atoms with Gasteiger partial charge in [-0.05, 0) is 84.9 Å². The molecule has 10 nitrogen and oxygen atoms in total. The van der Waals surface area contributed by atoms with Crippen molar-refractivity contribution < 1.29 is 28.5 Å². The summed E-state index contributed by atoms with van der Waals surface area (Å²) in [7, 11) is 3.07. The standard InChI is InChI=1S/C38H36Cl2N4O6/c1-47-33-12-11-27(17-35(33)48-2)34(18-29-30(39)20-42-21-31(29)40)49-37(45)26-9-7-24(8-10-26)22-44(32-6-4-3-5-28(32)19-41)38(46)50-36-23-43-15-13-25(36)14-16-43/h3-12,17,20-21,25,34,36H,13-16,18,22-23H2,1-2H3/t34-,36-/m0/s1. The third-order valence-electron chi connectivity index (χ3n) is 9.28. The maximum atomic E-state index is 13.7. The molecule has 4 heterocycles. The number of benzene rings is 3. The number of nitrogens with zero attached hydrogens (tertiary/aromatic N) is 4. The van der Waals surface area contributed by atoms with Crippen molar-refractivity contribution in [1.82, 2.24) is 9.88 Å². The van der Waals surface area contributed by atoms with Crippen LogP contribution < -0.4 is 14.4 Å². The number of pyridine rings is 1. The first-order valence-electron chi connectivity index (χ1n) is 16.3. The first-order chi connectivity index (χ1) is 24.3. The van der Waals surface area contributed by atoms with E-state index in [0.29, 0.717) is 61.9 Å². The third-order valence-corrected chi connectivity index (χ3v) is 9.94. The topological polar surface area (TPSA) is 114 Å². The Balaban J connectivity index is 1.23. The number of rotatable bonds is 11. The molecule has 0 N–H and O–H groups in total. The Bertz CT molecular complexity index is 1870. The molecule has 3 aliphatic heterocycles. The molecule has 50 heavy (non-hydrogen) atoms. The van der Waals surface area contributed by atoms with Crippen LogP contribution >= 0.6 is 23.2 Å². The van der Waals surface area contributed by atoms with Gasteiger partial charge in [0.2, 0.25) is 0 Å². The number of halogens is 2. The van der Waals surface area contributed by atoms with Crippen LogP contribution in [0.15, 0.2) is 79.1 Å². The molecule has 0 saturated carbocycles. The van der Waals surface area contributed by atoms with Crippen molar-refractivity contribution in [3.63, 3.8) is 0 Å². The van der Waals surface area contributed by atoms with Crippen LogP contribution in [0.5, 0.6) is 11.5 Å². The summed E-state index contributed by atoms with van der Waals surface area (Å²) in [5.41, 5.74) is 3.06. The average molecular weight is 716 g/mol. The number of nitriles is 1. The minimum absolute atomic E-state index is 0.126. The summed E-state index contributed by atoms with van der Waals surface area (Å²) in [6, 6.07) is 21.2. The van der Waals surface area contributed by atoms with Crippen LogP contribution in [-0.2, 0) is 22.4 Å². The number of fused-ring (bicyclic) bond motifs is 3. The minimum atomic E-state index is -0.793. The summed E-state index contributed by atoms with van der Waals surface area (Å²) in [6.45, 7) is 2.88. The Kier molecular flexibility index (Phi) is 11.1. The second kappa shape index (κ2) is 15.8. The molecule has 7 rings (SSSR count). The van der Waals surface area contributed by atoms with Crippen molar-refractivity contribution in [2.75, 3.05) is 38.8 Å². The van der Waals surface area contributed by atoms with Gasteiger partial charge in [0.15, 0.2) is 11.5 Å². The van der Waals surface area contributed by atoms with Gasteiger partial charge in [0.05, 0.1) is 47.6 Å². The number of carbonyl (C=O) groups excluding carboxylic acids is 2. The summed E-state index contributed by atoms with van der Waals surface area (Å²) in [5.74, 6) is 0.745. The Morgan fingerprint density at radius 3 is 2.32 bits per heavy atom. The molecule has 0 unspecified atom stereocenters. The SMILES string of the molecule is COc1ccc([C@H](Cc2c(Cl)cncc2Cl)OC(=O)c2ccc(CN(C(=O)O[C@H]3CN4CCC3CC4)c3ccccc3C#N)cc2)cc1OC. The summed E-state index contributed by atoms with van der Waals surface area (Å²) < 4.78 is 23.0. The molecule has 0 aliphatic carbocycles. The molecule has 3 aliphatic rings. The van der Waals surface area contributed by atoms with Crippen molar-refractivity contribution in [3.05, 3.63) is 117 Å². The number of hydrogen-bond donors (Lipinski definition) is 0. The molecule has 258 valence electrons.